The van der Waals surface area contributed by atoms with Gasteiger partial charge in [0.05, 0.1) is 7.11 Å². The van der Waals surface area contributed by atoms with Crippen molar-refractivity contribution in [1.82, 2.24) is 0 Å². The Bertz CT molecular complexity index is 371. The number of carboxylic acid groups (broad SMARTS) is 1. The molecular formula is C9H10O6. The van der Waals surface area contributed by atoms with Gasteiger partial charge in [-0.2, -0.15) is 0 Å². The van der Waals surface area contributed by atoms with Crippen molar-refractivity contribution < 1.29 is 29.6 Å². The van der Waals surface area contributed by atoms with E-state index in [4.69, 9.17) is 14.6 Å². The van der Waals surface area contributed by atoms with E-state index < -0.39 is 23.8 Å². The van der Waals surface area contributed by atoms with Gasteiger partial charge >= 0.3 is 5.97 Å². The summed E-state index contributed by atoms with van der Waals surface area (Å²) in [5, 5.41) is 27.4. The van der Waals surface area contributed by atoms with Crippen LogP contribution < -0.4 is 0 Å². The van der Waals surface area contributed by atoms with Crippen molar-refractivity contribution in [3.05, 3.63) is 23.7 Å². The molecule has 1 heterocycles. The molecule has 6 heteroatoms. The Kier molecular flexibility index (Phi) is 1.99. The van der Waals surface area contributed by atoms with Crippen LogP contribution in [0.5, 0.6) is 0 Å². The number of rotatable bonds is 3. The second kappa shape index (κ2) is 2.98. The molecule has 2 aliphatic rings. The fourth-order valence-electron chi connectivity index (χ4n) is 1.68. The van der Waals surface area contributed by atoms with Crippen LogP contribution in [-0.2, 0) is 14.3 Å². The van der Waals surface area contributed by atoms with Crippen LogP contribution in [0.4, 0.5) is 0 Å². The molecule has 15 heavy (non-hydrogen) atoms. The highest BCUT2D eigenvalue weighted by Crippen LogP contribution is 2.48. The van der Waals surface area contributed by atoms with Gasteiger partial charge in [0, 0.05) is 0 Å². The predicted octanol–water partition coefficient (Wildman–Crippen LogP) is -0.445. The van der Waals surface area contributed by atoms with Crippen LogP contribution in [0.3, 0.4) is 0 Å². The van der Waals surface area contributed by atoms with Crippen LogP contribution in [0.2, 0.25) is 0 Å². The van der Waals surface area contributed by atoms with E-state index in [0.29, 0.717) is 0 Å². The van der Waals surface area contributed by atoms with Gasteiger partial charge in [0.15, 0.2) is 29.3 Å². The fraction of sp³-hybridized carbons (Fsp3) is 0.444. The Morgan fingerprint density at radius 2 is 2.40 bits per heavy atom. The molecule has 1 fully saturated rings. The van der Waals surface area contributed by atoms with Gasteiger partial charge in [-0.25, -0.2) is 4.79 Å². The molecule has 2 rings (SSSR count). The van der Waals surface area contributed by atoms with Crippen LogP contribution in [0, 0.1) is 0 Å². The Morgan fingerprint density at radius 3 is 2.93 bits per heavy atom. The minimum absolute atomic E-state index is 0.117. The predicted molar refractivity (Wildman–Crippen MR) is 47.1 cm³/mol. The van der Waals surface area contributed by atoms with Crippen molar-refractivity contribution in [1.29, 1.82) is 0 Å². The van der Waals surface area contributed by atoms with Gasteiger partial charge in [-0.15, -0.1) is 0 Å². The summed E-state index contributed by atoms with van der Waals surface area (Å²) in [4.78, 5) is 10.6. The number of hydrogen-bond acceptors (Lipinski definition) is 5. The van der Waals surface area contributed by atoms with Crippen LogP contribution in [0.1, 0.15) is 0 Å². The molecule has 0 radical (unpaired) electrons. The monoisotopic (exact) mass is 214 g/mol. The molecule has 82 valence electrons. The average Bonchev–Trinajstić information content (AvgIpc) is 2.92. The lowest BCUT2D eigenvalue weighted by Gasteiger charge is -2.16. The summed E-state index contributed by atoms with van der Waals surface area (Å²) in [6.45, 7) is 0. The van der Waals surface area contributed by atoms with E-state index in [1.54, 1.807) is 0 Å². The lowest BCUT2D eigenvalue weighted by molar-refractivity contribution is -0.149. The first-order valence-electron chi connectivity index (χ1n) is 4.28. The average molecular weight is 214 g/mol. The molecule has 0 spiro atoms. The van der Waals surface area contributed by atoms with E-state index in [2.05, 4.69) is 0 Å². The van der Waals surface area contributed by atoms with E-state index in [1.807, 2.05) is 0 Å². The Morgan fingerprint density at radius 1 is 1.73 bits per heavy atom. The molecule has 1 saturated heterocycles. The summed E-state index contributed by atoms with van der Waals surface area (Å²) in [6, 6.07) is 0. The maximum Gasteiger partial charge on any atom is 0.336 e. The standard InChI is InChI=1S/C9H10O6/c1-14-5-4(10)2-3-9(7(5)15-9)6(11)8(12)13/h2-3,6-7,10-11H,1H3,(H,12,13). The highest BCUT2D eigenvalue weighted by molar-refractivity contribution is 5.76. The molecular weight excluding hydrogens is 204 g/mol. The zero-order chi connectivity index (χ0) is 11.2. The summed E-state index contributed by atoms with van der Waals surface area (Å²) >= 11 is 0. The molecule has 3 atom stereocenters. The van der Waals surface area contributed by atoms with Gasteiger partial charge in [0.25, 0.3) is 0 Å². The molecule has 1 aliphatic carbocycles. The molecule has 0 aromatic rings. The number of methoxy groups -OCH3 is 1. The van der Waals surface area contributed by atoms with E-state index >= 15 is 0 Å². The number of hydrogen-bond donors (Lipinski definition) is 3. The van der Waals surface area contributed by atoms with Gasteiger partial charge in [0.2, 0.25) is 0 Å². The molecule has 0 amide bonds. The lowest BCUT2D eigenvalue weighted by Crippen LogP contribution is -2.39. The summed E-state index contributed by atoms with van der Waals surface area (Å²) in [5.41, 5.74) is -1.29. The third kappa shape index (κ3) is 1.22. The number of aliphatic hydroxyl groups is 2. The van der Waals surface area contributed by atoms with Crippen LogP contribution in [0.15, 0.2) is 23.7 Å². The first kappa shape index (κ1) is 10.0. The van der Waals surface area contributed by atoms with Gasteiger partial charge < -0.3 is 24.8 Å². The molecule has 3 N–H and O–H groups in total. The van der Waals surface area contributed by atoms with E-state index in [1.165, 1.54) is 19.3 Å². The summed E-state index contributed by atoms with van der Waals surface area (Å²) in [7, 11) is 1.34. The minimum Gasteiger partial charge on any atom is -0.504 e. The third-order valence-electron chi connectivity index (χ3n) is 2.55. The Hall–Kier alpha value is -1.53. The molecule has 3 unspecified atom stereocenters. The van der Waals surface area contributed by atoms with E-state index in [-0.39, 0.29) is 11.5 Å². The van der Waals surface area contributed by atoms with E-state index in [9.17, 15) is 15.0 Å². The fourth-order valence-corrected chi connectivity index (χ4v) is 1.68. The highest BCUT2D eigenvalue weighted by atomic mass is 16.6. The van der Waals surface area contributed by atoms with Crippen LogP contribution in [-0.4, -0.2) is 46.2 Å². The van der Waals surface area contributed by atoms with Gasteiger partial charge in [-0.3, -0.25) is 0 Å². The highest BCUT2D eigenvalue weighted by Gasteiger charge is 2.66. The number of aliphatic hydroxyl groups excluding tert-OH is 2. The van der Waals surface area contributed by atoms with Crippen molar-refractivity contribution in [2.45, 2.75) is 17.8 Å². The van der Waals surface area contributed by atoms with Gasteiger partial charge in [-0.05, 0) is 12.2 Å². The van der Waals surface area contributed by atoms with Crippen molar-refractivity contribution in [2.24, 2.45) is 0 Å². The maximum atomic E-state index is 10.6. The summed E-state index contributed by atoms with van der Waals surface area (Å²) < 4.78 is 9.96. The number of carboxylic acids is 1. The normalized spacial score (nSPS) is 34.7. The molecule has 0 bridgehead atoms. The van der Waals surface area contributed by atoms with Gasteiger partial charge in [-0.1, -0.05) is 0 Å². The van der Waals surface area contributed by atoms with Crippen molar-refractivity contribution in [3.63, 3.8) is 0 Å². The van der Waals surface area contributed by atoms with Crippen LogP contribution >= 0.6 is 0 Å². The van der Waals surface area contributed by atoms with Crippen molar-refractivity contribution >= 4 is 5.97 Å². The smallest absolute Gasteiger partial charge is 0.336 e. The maximum absolute atomic E-state index is 10.6. The number of epoxide rings is 1. The molecule has 0 aromatic heterocycles. The quantitative estimate of drug-likeness (QED) is 0.550. The minimum atomic E-state index is -1.67. The van der Waals surface area contributed by atoms with Crippen molar-refractivity contribution in [2.75, 3.05) is 7.11 Å². The first-order valence-corrected chi connectivity index (χ1v) is 4.28. The zero-order valence-corrected chi connectivity index (χ0v) is 7.88. The zero-order valence-electron chi connectivity index (χ0n) is 7.88. The summed E-state index contributed by atoms with van der Waals surface area (Å²) in [5.74, 6) is -1.36. The molecule has 6 nitrogen and oxygen atoms in total. The molecule has 0 saturated carbocycles. The molecule has 0 aromatic carbocycles. The van der Waals surface area contributed by atoms with Crippen LogP contribution in [0.25, 0.3) is 0 Å². The largest absolute Gasteiger partial charge is 0.504 e. The molecule has 1 aliphatic heterocycles. The first-order chi connectivity index (χ1) is 7.03. The Labute approximate surface area is 85.0 Å². The number of fused-ring (bicyclic) bond motifs is 1. The number of ether oxygens (including phenoxy) is 2. The number of aliphatic carboxylic acids is 1. The topological polar surface area (TPSA) is 99.5 Å². The number of carbonyl (C=O) groups is 1. The summed E-state index contributed by atoms with van der Waals surface area (Å²) in [6.07, 6.45) is 0.193. The second-order valence-electron chi connectivity index (χ2n) is 3.38. The Balaban J connectivity index is 2.28. The number of allylic oxidation sites excluding steroid dienone is 1. The van der Waals surface area contributed by atoms with Gasteiger partial charge in [0.1, 0.15) is 0 Å². The van der Waals surface area contributed by atoms with Crippen molar-refractivity contribution in [3.8, 4) is 0 Å². The SMILES string of the molecule is COC1=C(O)C=CC2(C(O)C(=O)O)OC12. The second-order valence-corrected chi connectivity index (χ2v) is 3.38. The van der Waals surface area contributed by atoms with E-state index in [0.717, 1.165) is 0 Å². The third-order valence-corrected chi connectivity index (χ3v) is 2.55. The lowest BCUT2D eigenvalue weighted by atomic mass is 9.92.